The number of aromatic nitrogens is 1. The fourth-order valence-electron chi connectivity index (χ4n) is 3.06. The maximum absolute atomic E-state index is 13.3. The second kappa shape index (κ2) is 8.88. The number of ether oxygens (including phenoxy) is 2. The summed E-state index contributed by atoms with van der Waals surface area (Å²) >= 11 is 5.76. The molecule has 0 amide bonds. The lowest BCUT2D eigenvalue weighted by atomic mass is 9.96. The summed E-state index contributed by atoms with van der Waals surface area (Å²) in [5.74, 6) is 0.0112. The van der Waals surface area contributed by atoms with Gasteiger partial charge >= 0.3 is 5.97 Å². The number of hydrogen-bond acceptors (Lipinski definition) is 6. The molecule has 0 radical (unpaired) electrons. The number of benzene rings is 1. The van der Waals surface area contributed by atoms with Crippen LogP contribution in [0.15, 0.2) is 41.7 Å². The van der Waals surface area contributed by atoms with E-state index in [1.165, 1.54) is 31.5 Å². The zero-order valence-electron chi connectivity index (χ0n) is 15.1. The fourth-order valence-corrected chi connectivity index (χ4v) is 3.23. The molecule has 0 bridgehead atoms. The summed E-state index contributed by atoms with van der Waals surface area (Å²) in [6.45, 7) is 1.09. The Bertz CT molecular complexity index is 885. The molecule has 3 rings (SSSR count). The number of rotatable bonds is 4. The number of halogens is 2. The quantitative estimate of drug-likeness (QED) is 0.273. The Kier molecular flexibility index (Phi) is 6.30. The molecule has 1 aliphatic heterocycles. The third-order valence-corrected chi connectivity index (χ3v) is 4.82. The summed E-state index contributed by atoms with van der Waals surface area (Å²) in [5.41, 5.74) is 0.595. The molecule has 0 spiro atoms. The standard InChI is InChI=1S/C19H19ClFN3O4/c1-27-19(25)12-5-8-24(9-6-12)18(23-26)13-4-7-22-17(10-13)28-14-2-3-16(21)15(20)11-14/h2-4,7,10-12,26H,5-6,8-9H2,1H3/b23-18-. The highest BCUT2D eigenvalue weighted by Gasteiger charge is 2.28. The second-order valence-corrected chi connectivity index (χ2v) is 6.68. The van der Waals surface area contributed by atoms with E-state index < -0.39 is 5.82 Å². The van der Waals surface area contributed by atoms with Crippen molar-refractivity contribution in [2.24, 2.45) is 11.1 Å². The minimum atomic E-state index is -0.541. The predicted molar refractivity (Wildman–Crippen MR) is 100 cm³/mol. The van der Waals surface area contributed by atoms with Crippen molar-refractivity contribution in [3.63, 3.8) is 0 Å². The Labute approximate surface area is 166 Å². The van der Waals surface area contributed by atoms with E-state index in [-0.39, 0.29) is 22.8 Å². The molecule has 0 unspecified atom stereocenters. The van der Waals surface area contributed by atoms with Gasteiger partial charge < -0.3 is 19.6 Å². The Morgan fingerprint density at radius 1 is 1.32 bits per heavy atom. The number of piperidine rings is 1. The monoisotopic (exact) mass is 407 g/mol. The van der Waals surface area contributed by atoms with Gasteiger partial charge in [0.05, 0.1) is 18.1 Å². The number of carbonyl (C=O) groups excluding carboxylic acids is 1. The molecular formula is C19H19ClFN3O4. The predicted octanol–water partition coefficient (Wildman–Crippen LogP) is 3.69. The van der Waals surface area contributed by atoms with Gasteiger partial charge in [-0.25, -0.2) is 9.37 Å². The van der Waals surface area contributed by atoms with E-state index in [0.29, 0.717) is 43.1 Å². The minimum Gasteiger partial charge on any atom is -0.469 e. The van der Waals surface area contributed by atoms with Crippen LogP contribution < -0.4 is 4.74 Å². The maximum Gasteiger partial charge on any atom is 0.308 e. The summed E-state index contributed by atoms with van der Waals surface area (Å²) < 4.78 is 23.7. The largest absolute Gasteiger partial charge is 0.469 e. The number of hydrogen-bond donors (Lipinski definition) is 1. The third-order valence-electron chi connectivity index (χ3n) is 4.53. The molecule has 28 heavy (non-hydrogen) atoms. The van der Waals surface area contributed by atoms with Crippen LogP contribution in [0.1, 0.15) is 18.4 Å². The molecule has 1 aromatic heterocycles. The van der Waals surface area contributed by atoms with Crippen LogP contribution in [0.4, 0.5) is 4.39 Å². The summed E-state index contributed by atoms with van der Waals surface area (Å²) in [5, 5.41) is 12.9. The minimum absolute atomic E-state index is 0.0558. The van der Waals surface area contributed by atoms with Gasteiger partial charge in [0.25, 0.3) is 0 Å². The molecule has 2 aromatic rings. The number of esters is 1. The summed E-state index contributed by atoms with van der Waals surface area (Å²) in [4.78, 5) is 17.7. The van der Waals surface area contributed by atoms with Crippen LogP contribution in [-0.2, 0) is 9.53 Å². The van der Waals surface area contributed by atoms with Gasteiger partial charge in [0.15, 0.2) is 5.84 Å². The highest BCUT2D eigenvalue weighted by molar-refractivity contribution is 6.30. The smallest absolute Gasteiger partial charge is 0.308 e. The topological polar surface area (TPSA) is 84.2 Å². The molecule has 0 atom stereocenters. The lowest BCUT2D eigenvalue weighted by Crippen LogP contribution is -2.41. The molecule has 1 saturated heterocycles. The van der Waals surface area contributed by atoms with E-state index in [1.807, 2.05) is 4.90 Å². The van der Waals surface area contributed by atoms with Gasteiger partial charge in [0, 0.05) is 37.0 Å². The van der Waals surface area contributed by atoms with Crippen molar-refractivity contribution in [3.05, 3.63) is 52.9 Å². The van der Waals surface area contributed by atoms with E-state index in [4.69, 9.17) is 21.1 Å². The van der Waals surface area contributed by atoms with Gasteiger partial charge in [-0.05, 0) is 31.0 Å². The average Bonchev–Trinajstić information content (AvgIpc) is 2.71. The van der Waals surface area contributed by atoms with Crippen LogP contribution in [0.5, 0.6) is 11.6 Å². The van der Waals surface area contributed by atoms with Gasteiger partial charge in [-0.1, -0.05) is 16.8 Å². The summed E-state index contributed by atoms with van der Waals surface area (Å²) in [6, 6.07) is 7.29. The van der Waals surface area contributed by atoms with Crippen LogP contribution in [0, 0.1) is 11.7 Å². The number of carbonyl (C=O) groups is 1. The third kappa shape index (κ3) is 4.51. The molecule has 9 heteroatoms. The molecule has 1 N–H and O–H groups in total. The van der Waals surface area contributed by atoms with Gasteiger partial charge in [0.1, 0.15) is 11.6 Å². The number of amidine groups is 1. The van der Waals surface area contributed by atoms with E-state index >= 15 is 0 Å². The van der Waals surface area contributed by atoms with Crippen molar-refractivity contribution >= 4 is 23.4 Å². The first-order valence-corrected chi connectivity index (χ1v) is 9.03. The number of likely N-dealkylation sites (tertiary alicyclic amines) is 1. The van der Waals surface area contributed by atoms with E-state index in [1.54, 1.807) is 12.1 Å². The second-order valence-electron chi connectivity index (χ2n) is 6.27. The van der Waals surface area contributed by atoms with E-state index in [9.17, 15) is 14.4 Å². The van der Waals surface area contributed by atoms with Crippen molar-refractivity contribution in [1.82, 2.24) is 9.88 Å². The van der Waals surface area contributed by atoms with Gasteiger partial charge in [-0.15, -0.1) is 0 Å². The number of methoxy groups -OCH3 is 1. The molecule has 1 aromatic carbocycles. The molecular weight excluding hydrogens is 389 g/mol. The van der Waals surface area contributed by atoms with Gasteiger partial charge in [-0.3, -0.25) is 4.79 Å². The Hall–Kier alpha value is -2.87. The zero-order valence-corrected chi connectivity index (χ0v) is 15.9. The van der Waals surface area contributed by atoms with Gasteiger partial charge in [-0.2, -0.15) is 0 Å². The maximum atomic E-state index is 13.3. The van der Waals surface area contributed by atoms with Crippen molar-refractivity contribution in [2.45, 2.75) is 12.8 Å². The number of nitrogens with zero attached hydrogens (tertiary/aromatic N) is 3. The highest BCUT2D eigenvalue weighted by Crippen LogP contribution is 2.26. The van der Waals surface area contributed by atoms with Crippen LogP contribution in [0.2, 0.25) is 5.02 Å². The Morgan fingerprint density at radius 2 is 2.07 bits per heavy atom. The van der Waals surface area contributed by atoms with Crippen molar-refractivity contribution in [2.75, 3.05) is 20.2 Å². The normalized spacial score (nSPS) is 15.4. The SMILES string of the molecule is COC(=O)C1CCN(/C(=N\O)c2ccnc(Oc3ccc(F)c(Cl)c3)c2)CC1. The van der Waals surface area contributed by atoms with Crippen LogP contribution in [-0.4, -0.2) is 47.1 Å². The lowest BCUT2D eigenvalue weighted by Gasteiger charge is -2.32. The Morgan fingerprint density at radius 3 is 2.71 bits per heavy atom. The molecule has 148 valence electrons. The molecule has 1 aliphatic rings. The van der Waals surface area contributed by atoms with Crippen LogP contribution >= 0.6 is 11.6 Å². The fraction of sp³-hybridized carbons (Fsp3) is 0.316. The average molecular weight is 408 g/mol. The first-order valence-electron chi connectivity index (χ1n) is 8.66. The molecule has 0 saturated carbocycles. The van der Waals surface area contributed by atoms with Crippen molar-refractivity contribution in [1.29, 1.82) is 0 Å². The zero-order chi connectivity index (χ0) is 20.1. The Balaban J connectivity index is 1.73. The van der Waals surface area contributed by atoms with E-state index in [0.717, 1.165) is 0 Å². The summed E-state index contributed by atoms with van der Waals surface area (Å²) in [6.07, 6.45) is 2.73. The first kappa shape index (κ1) is 19.9. The number of pyridine rings is 1. The van der Waals surface area contributed by atoms with Crippen molar-refractivity contribution in [3.8, 4) is 11.6 Å². The molecule has 2 heterocycles. The summed E-state index contributed by atoms with van der Waals surface area (Å²) in [7, 11) is 1.38. The van der Waals surface area contributed by atoms with Crippen LogP contribution in [0.25, 0.3) is 0 Å². The number of oxime groups is 1. The first-order chi connectivity index (χ1) is 13.5. The van der Waals surface area contributed by atoms with Gasteiger partial charge in [0.2, 0.25) is 5.88 Å². The van der Waals surface area contributed by atoms with Crippen molar-refractivity contribution < 1.29 is 23.9 Å². The van der Waals surface area contributed by atoms with E-state index in [2.05, 4.69) is 10.1 Å². The molecule has 0 aliphatic carbocycles. The lowest BCUT2D eigenvalue weighted by molar-refractivity contribution is -0.146. The highest BCUT2D eigenvalue weighted by atomic mass is 35.5. The molecule has 7 nitrogen and oxygen atoms in total. The van der Waals surface area contributed by atoms with Crippen LogP contribution in [0.3, 0.4) is 0 Å². The molecule has 1 fully saturated rings.